The summed E-state index contributed by atoms with van der Waals surface area (Å²) in [5.74, 6) is 0. The van der Waals surface area contributed by atoms with Gasteiger partial charge in [0.15, 0.2) is 18.9 Å². The second-order valence-electron chi connectivity index (χ2n) is 10.6. The molecular formula is C28H52O16. The first-order valence-corrected chi connectivity index (χ1v) is 15.0. The van der Waals surface area contributed by atoms with Gasteiger partial charge in [0.2, 0.25) is 0 Å². The predicted molar refractivity (Wildman–Crippen MR) is 149 cm³/mol. The average molecular weight is 645 g/mol. The third-order valence-electron chi connectivity index (χ3n) is 7.96. The first-order chi connectivity index (χ1) is 21.2. The fraction of sp³-hybridized carbons (Fsp3) is 1.00. The van der Waals surface area contributed by atoms with Gasteiger partial charge in [-0.25, -0.2) is 0 Å². The van der Waals surface area contributed by atoms with Crippen molar-refractivity contribution in [2.24, 2.45) is 0 Å². The molecular weight excluding hydrogens is 592 g/mol. The topological polar surface area (TPSA) is 192 Å². The van der Waals surface area contributed by atoms with Gasteiger partial charge in [0, 0.05) is 48.3 Å². The second kappa shape index (κ2) is 18.6. The molecule has 16 nitrogen and oxygen atoms in total. The molecule has 15 atom stereocenters. The van der Waals surface area contributed by atoms with Crippen LogP contribution in [0.1, 0.15) is 20.8 Å². The summed E-state index contributed by atoms with van der Waals surface area (Å²) in [4.78, 5) is 0. The molecule has 0 saturated carbocycles. The molecule has 0 aromatic heterocycles. The van der Waals surface area contributed by atoms with Gasteiger partial charge < -0.3 is 77.3 Å². The molecule has 3 rings (SSSR count). The van der Waals surface area contributed by atoms with Crippen LogP contribution in [-0.2, 0) is 56.8 Å². The Bertz CT molecular complexity index is 793. The van der Waals surface area contributed by atoms with E-state index in [0.717, 1.165) is 0 Å². The molecule has 0 aromatic carbocycles. The number of aliphatic hydroxyl groups is 4. The third kappa shape index (κ3) is 8.63. The lowest BCUT2D eigenvalue weighted by Crippen LogP contribution is -2.67. The Labute approximate surface area is 258 Å². The molecule has 16 heteroatoms. The van der Waals surface area contributed by atoms with Crippen LogP contribution in [0.15, 0.2) is 0 Å². The molecule has 0 spiro atoms. The maximum absolute atomic E-state index is 10.8. The number of methoxy groups -OCH3 is 4. The highest BCUT2D eigenvalue weighted by Crippen LogP contribution is 2.35. The van der Waals surface area contributed by atoms with E-state index in [0.29, 0.717) is 19.8 Å². The Balaban J connectivity index is 1.90. The van der Waals surface area contributed by atoms with Crippen molar-refractivity contribution >= 4 is 0 Å². The maximum atomic E-state index is 10.8. The quantitative estimate of drug-likeness (QED) is 0.138. The molecule has 0 radical (unpaired) electrons. The number of hydrogen-bond donors (Lipinski definition) is 4. The zero-order valence-electron chi connectivity index (χ0n) is 26.6. The summed E-state index contributed by atoms with van der Waals surface area (Å²) < 4.78 is 70.6. The highest BCUT2D eigenvalue weighted by atomic mass is 16.8. The Morgan fingerprint density at radius 2 is 1.11 bits per heavy atom. The highest BCUT2D eigenvalue weighted by Gasteiger charge is 2.55. The molecule has 44 heavy (non-hydrogen) atoms. The second-order valence-corrected chi connectivity index (χ2v) is 10.6. The van der Waals surface area contributed by atoms with Gasteiger partial charge >= 0.3 is 0 Å². The monoisotopic (exact) mass is 644 g/mol. The van der Waals surface area contributed by atoms with Crippen molar-refractivity contribution in [1.29, 1.82) is 0 Å². The van der Waals surface area contributed by atoms with Gasteiger partial charge in [0.1, 0.15) is 73.2 Å². The lowest BCUT2D eigenvalue weighted by molar-refractivity contribution is -0.384. The number of aliphatic hydroxyl groups excluding tert-OH is 4. The van der Waals surface area contributed by atoms with E-state index >= 15 is 0 Å². The number of rotatable bonds is 17. The lowest BCUT2D eigenvalue weighted by atomic mass is 9.95. The normalized spacial score (nSPS) is 43.3. The van der Waals surface area contributed by atoms with E-state index in [1.54, 1.807) is 6.92 Å². The van der Waals surface area contributed by atoms with Crippen LogP contribution >= 0.6 is 0 Å². The van der Waals surface area contributed by atoms with Crippen molar-refractivity contribution in [2.75, 3.05) is 68.1 Å². The van der Waals surface area contributed by atoms with Crippen LogP contribution in [0, 0.1) is 0 Å². The first-order valence-electron chi connectivity index (χ1n) is 15.0. The van der Waals surface area contributed by atoms with E-state index in [9.17, 15) is 20.4 Å². The van der Waals surface area contributed by atoms with Gasteiger partial charge in [-0.05, 0) is 20.8 Å². The third-order valence-corrected chi connectivity index (χ3v) is 7.96. The smallest absolute Gasteiger partial charge is 0.187 e. The molecule has 4 N–H and O–H groups in total. The zero-order chi connectivity index (χ0) is 32.4. The molecule has 15 unspecified atom stereocenters. The largest absolute Gasteiger partial charge is 0.394 e. The Hall–Kier alpha value is -0.640. The Morgan fingerprint density at radius 3 is 1.68 bits per heavy atom. The number of ether oxygens (including phenoxy) is 12. The van der Waals surface area contributed by atoms with Crippen LogP contribution in [0.25, 0.3) is 0 Å². The summed E-state index contributed by atoms with van der Waals surface area (Å²) in [7, 11) is 5.72. The van der Waals surface area contributed by atoms with Gasteiger partial charge in [-0.3, -0.25) is 0 Å². The molecule has 0 aliphatic carbocycles. The van der Waals surface area contributed by atoms with Crippen molar-refractivity contribution in [3.05, 3.63) is 0 Å². The summed E-state index contributed by atoms with van der Waals surface area (Å²) >= 11 is 0. The molecule has 3 aliphatic heterocycles. The minimum Gasteiger partial charge on any atom is -0.394 e. The summed E-state index contributed by atoms with van der Waals surface area (Å²) in [5, 5.41) is 42.0. The maximum Gasteiger partial charge on any atom is 0.187 e. The van der Waals surface area contributed by atoms with Gasteiger partial charge in [-0.15, -0.1) is 0 Å². The van der Waals surface area contributed by atoms with Crippen LogP contribution in [0.4, 0.5) is 0 Å². The van der Waals surface area contributed by atoms with E-state index in [4.69, 9.17) is 56.8 Å². The first kappa shape index (κ1) is 37.8. The van der Waals surface area contributed by atoms with Crippen LogP contribution in [0.5, 0.6) is 0 Å². The van der Waals surface area contributed by atoms with Gasteiger partial charge in [-0.2, -0.15) is 0 Å². The molecule has 0 aromatic rings. The van der Waals surface area contributed by atoms with Crippen molar-refractivity contribution in [3.8, 4) is 0 Å². The van der Waals surface area contributed by atoms with Crippen molar-refractivity contribution in [3.63, 3.8) is 0 Å². The van der Waals surface area contributed by atoms with Gasteiger partial charge in [-0.1, -0.05) is 0 Å². The van der Waals surface area contributed by atoms with Crippen molar-refractivity contribution < 1.29 is 77.3 Å². The minimum absolute atomic E-state index is 0.00896. The molecule has 3 aliphatic rings. The molecule has 3 fully saturated rings. The predicted octanol–water partition coefficient (Wildman–Crippen LogP) is -1.82. The van der Waals surface area contributed by atoms with Crippen molar-refractivity contribution in [1.82, 2.24) is 0 Å². The van der Waals surface area contributed by atoms with Crippen LogP contribution in [0.3, 0.4) is 0 Å². The highest BCUT2D eigenvalue weighted by molar-refractivity contribution is 4.98. The zero-order valence-corrected chi connectivity index (χ0v) is 26.6. The van der Waals surface area contributed by atoms with Crippen molar-refractivity contribution in [2.45, 2.75) is 113 Å². The molecule has 0 amide bonds. The average Bonchev–Trinajstić information content (AvgIpc) is 3.02. The lowest BCUT2D eigenvalue weighted by Gasteiger charge is -2.50. The van der Waals surface area contributed by atoms with E-state index < -0.39 is 98.7 Å². The van der Waals surface area contributed by atoms with Crippen LogP contribution in [-0.4, -0.2) is 181 Å². The fourth-order valence-corrected chi connectivity index (χ4v) is 5.91. The number of hydrogen-bond acceptors (Lipinski definition) is 16. The summed E-state index contributed by atoms with van der Waals surface area (Å²) in [6, 6.07) is 0. The van der Waals surface area contributed by atoms with Crippen LogP contribution in [0.2, 0.25) is 0 Å². The van der Waals surface area contributed by atoms with Gasteiger partial charge in [0.25, 0.3) is 0 Å². The van der Waals surface area contributed by atoms with E-state index in [-0.39, 0.29) is 13.2 Å². The fourth-order valence-electron chi connectivity index (χ4n) is 5.91. The summed E-state index contributed by atoms with van der Waals surface area (Å²) in [5.41, 5.74) is 0. The summed E-state index contributed by atoms with van der Waals surface area (Å²) in [6.45, 7) is 6.08. The van der Waals surface area contributed by atoms with Crippen LogP contribution < -0.4 is 0 Å². The molecule has 3 heterocycles. The molecule has 0 bridgehead atoms. The van der Waals surface area contributed by atoms with E-state index in [1.807, 2.05) is 13.8 Å². The minimum atomic E-state index is -1.52. The summed E-state index contributed by atoms with van der Waals surface area (Å²) in [6.07, 6.45) is -15.4. The standard InChI is InChI=1S/C28H52O16/c1-8-37-13-16-21(23(38-9-2)24(39-10-3)26(32)40-16)44-28-25(36-7)22(35-6)20(15(42-28)12-33-4)43-27-18(31)17(30)19(34-5)14(11-29)41-27/h14-32H,8-13H2,1-7H3. The Kier molecular flexibility index (Phi) is 16.0. The SMILES string of the molecule is CCOCC1OC(O)C(OCC)C(OCC)C1OC1OC(COC)C(OC2OC(CO)C(OC)C(O)C2O)C(OC)C1OC. The Morgan fingerprint density at radius 1 is 0.545 bits per heavy atom. The van der Waals surface area contributed by atoms with E-state index in [2.05, 4.69) is 0 Å². The van der Waals surface area contributed by atoms with E-state index in [1.165, 1.54) is 28.4 Å². The van der Waals surface area contributed by atoms with Gasteiger partial charge in [0.05, 0.1) is 19.8 Å². The molecule has 3 saturated heterocycles. The molecule has 260 valence electrons.